The predicted molar refractivity (Wildman–Crippen MR) is 67.7 cm³/mol. The minimum absolute atomic E-state index is 0.137. The van der Waals surface area contributed by atoms with E-state index in [2.05, 4.69) is 4.98 Å². The molecule has 0 amide bonds. The number of aryl methyl sites for hydroxylation is 1. The van der Waals surface area contributed by atoms with E-state index in [4.69, 9.17) is 4.74 Å². The summed E-state index contributed by atoms with van der Waals surface area (Å²) in [4.78, 5) is 16.1. The number of aromatic nitrogens is 1. The SMILES string of the molecule is COc1ccc(F)cc1C(=O)CCc1nccs1. The van der Waals surface area contributed by atoms with E-state index in [1.807, 2.05) is 5.38 Å². The summed E-state index contributed by atoms with van der Waals surface area (Å²) in [6.07, 6.45) is 2.57. The van der Waals surface area contributed by atoms with E-state index in [0.717, 1.165) is 5.01 Å². The number of halogens is 1. The number of hydrogen-bond acceptors (Lipinski definition) is 4. The van der Waals surface area contributed by atoms with Crippen molar-refractivity contribution in [2.45, 2.75) is 12.8 Å². The molecule has 3 nitrogen and oxygen atoms in total. The van der Waals surface area contributed by atoms with Crippen LogP contribution < -0.4 is 4.74 Å². The third kappa shape index (κ3) is 2.92. The Morgan fingerprint density at radius 2 is 2.33 bits per heavy atom. The standard InChI is InChI=1S/C13H12FNO2S/c1-17-12-4-2-9(14)8-10(12)11(16)3-5-13-15-6-7-18-13/h2,4,6-8H,3,5H2,1H3. The number of methoxy groups -OCH3 is 1. The van der Waals surface area contributed by atoms with Gasteiger partial charge >= 0.3 is 0 Å². The summed E-state index contributed by atoms with van der Waals surface area (Å²) in [5.41, 5.74) is 0.286. The third-order valence-corrected chi connectivity index (χ3v) is 3.35. The van der Waals surface area contributed by atoms with Crippen molar-refractivity contribution in [3.63, 3.8) is 0 Å². The van der Waals surface area contributed by atoms with Gasteiger partial charge < -0.3 is 4.74 Å². The second-order valence-corrected chi connectivity index (χ2v) is 4.67. The number of hydrogen-bond donors (Lipinski definition) is 0. The number of Topliss-reactive ketones (excluding diaryl/α,β-unsaturated/α-hetero) is 1. The highest BCUT2D eigenvalue weighted by Gasteiger charge is 2.13. The molecule has 0 N–H and O–H groups in total. The highest BCUT2D eigenvalue weighted by Crippen LogP contribution is 2.21. The Labute approximate surface area is 108 Å². The average molecular weight is 265 g/mol. The van der Waals surface area contributed by atoms with Gasteiger partial charge in [-0.3, -0.25) is 4.79 Å². The minimum Gasteiger partial charge on any atom is -0.496 e. The monoisotopic (exact) mass is 265 g/mol. The van der Waals surface area contributed by atoms with Gasteiger partial charge in [-0.15, -0.1) is 11.3 Å². The second kappa shape index (κ2) is 5.73. The van der Waals surface area contributed by atoms with Crippen LogP contribution in [0.3, 0.4) is 0 Å². The molecule has 0 unspecified atom stereocenters. The van der Waals surface area contributed by atoms with E-state index < -0.39 is 5.82 Å². The first-order valence-electron chi connectivity index (χ1n) is 5.46. The van der Waals surface area contributed by atoms with Gasteiger partial charge in [0, 0.05) is 24.4 Å². The fourth-order valence-electron chi connectivity index (χ4n) is 1.63. The number of thiazole rings is 1. The van der Waals surface area contributed by atoms with E-state index in [1.165, 1.54) is 36.6 Å². The van der Waals surface area contributed by atoms with Crippen LogP contribution >= 0.6 is 11.3 Å². The quantitative estimate of drug-likeness (QED) is 0.780. The molecule has 0 aliphatic carbocycles. The molecule has 2 aromatic rings. The molecule has 1 heterocycles. The number of nitrogens with zero attached hydrogens (tertiary/aromatic N) is 1. The van der Waals surface area contributed by atoms with Gasteiger partial charge in [-0.1, -0.05) is 0 Å². The molecular formula is C13H12FNO2S. The maximum Gasteiger partial charge on any atom is 0.167 e. The molecule has 1 aromatic carbocycles. The van der Waals surface area contributed by atoms with Crippen molar-refractivity contribution in [2.24, 2.45) is 0 Å². The number of benzene rings is 1. The lowest BCUT2D eigenvalue weighted by Gasteiger charge is -2.07. The van der Waals surface area contributed by atoms with Gasteiger partial charge in [-0.05, 0) is 18.2 Å². The van der Waals surface area contributed by atoms with Crippen LogP contribution in [0.5, 0.6) is 5.75 Å². The van der Waals surface area contributed by atoms with Crippen LogP contribution in [0.25, 0.3) is 0 Å². The highest BCUT2D eigenvalue weighted by atomic mass is 32.1. The molecule has 0 aliphatic rings. The highest BCUT2D eigenvalue weighted by molar-refractivity contribution is 7.09. The smallest absolute Gasteiger partial charge is 0.167 e. The van der Waals surface area contributed by atoms with E-state index in [-0.39, 0.29) is 11.3 Å². The molecule has 1 aromatic heterocycles. The van der Waals surface area contributed by atoms with Gasteiger partial charge in [0.2, 0.25) is 0 Å². The lowest BCUT2D eigenvalue weighted by atomic mass is 10.1. The van der Waals surface area contributed by atoms with Crippen LogP contribution in [-0.4, -0.2) is 17.9 Å². The molecule has 0 saturated heterocycles. The van der Waals surface area contributed by atoms with Crippen molar-refractivity contribution in [1.29, 1.82) is 0 Å². The fraction of sp³-hybridized carbons (Fsp3) is 0.231. The van der Waals surface area contributed by atoms with Crippen LogP contribution in [0.1, 0.15) is 21.8 Å². The fourth-order valence-corrected chi connectivity index (χ4v) is 2.25. The summed E-state index contributed by atoms with van der Waals surface area (Å²) in [6, 6.07) is 3.95. The predicted octanol–water partition coefficient (Wildman–Crippen LogP) is 3.11. The van der Waals surface area contributed by atoms with E-state index in [0.29, 0.717) is 18.6 Å². The van der Waals surface area contributed by atoms with Gasteiger partial charge in [-0.2, -0.15) is 0 Å². The number of ketones is 1. The van der Waals surface area contributed by atoms with Crippen molar-refractivity contribution in [2.75, 3.05) is 7.11 Å². The molecule has 0 fully saturated rings. The van der Waals surface area contributed by atoms with Crippen molar-refractivity contribution >= 4 is 17.1 Å². The van der Waals surface area contributed by atoms with Crippen molar-refractivity contribution < 1.29 is 13.9 Å². The molecule has 0 bridgehead atoms. The van der Waals surface area contributed by atoms with Crippen molar-refractivity contribution in [3.8, 4) is 5.75 Å². The summed E-state index contributed by atoms with van der Waals surface area (Å²) in [5.74, 6) is -0.171. The van der Waals surface area contributed by atoms with E-state index >= 15 is 0 Å². The maximum atomic E-state index is 13.1. The van der Waals surface area contributed by atoms with Crippen LogP contribution in [0.4, 0.5) is 4.39 Å². The van der Waals surface area contributed by atoms with Gasteiger partial charge in [0.1, 0.15) is 11.6 Å². The molecule has 0 radical (unpaired) electrons. The zero-order valence-corrected chi connectivity index (χ0v) is 10.7. The van der Waals surface area contributed by atoms with E-state index in [1.54, 1.807) is 6.20 Å². The molecule has 0 aliphatic heterocycles. The number of ether oxygens (including phenoxy) is 1. The summed E-state index contributed by atoms with van der Waals surface area (Å²) >= 11 is 1.50. The molecule has 5 heteroatoms. The average Bonchev–Trinajstić information content (AvgIpc) is 2.89. The molecule has 0 saturated carbocycles. The van der Waals surface area contributed by atoms with E-state index in [9.17, 15) is 9.18 Å². The topological polar surface area (TPSA) is 39.2 Å². The Morgan fingerprint density at radius 1 is 1.50 bits per heavy atom. The van der Waals surface area contributed by atoms with Crippen LogP contribution in [0.2, 0.25) is 0 Å². The molecule has 0 spiro atoms. The normalized spacial score (nSPS) is 10.3. The minimum atomic E-state index is -0.437. The lowest BCUT2D eigenvalue weighted by molar-refractivity contribution is 0.0979. The zero-order chi connectivity index (χ0) is 13.0. The van der Waals surface area contributed by atoms with Gasteiger partial charge in [-0.25, -0.2) is 9.37 Å². The van der Waals surface area contributed by atoms with Gasteiger partial charge in [0.25, 0.3) is 0 Å². The zero-order valence-electron chi connectivity index (χ0n) is 9.85. The van der Waals surface area contributed by atoms with Gasteiger partial charge in [0.15, 0.2) is 5.78 Å². The third-order valence-electron chi connectivity index (χ3n) is 2.51. The largest absolute Gasteiger partial charge is 0.496 e. The summed E-state index contributed by atoms with van der Waals surface area (Å²) in [6.45, 7) is 0. The Hall–Kier alpha value is -1.75. The summed E-state index contributed by atoms with van der Waals surface area (Å²) in [7, 11) is 1.46. The first-order valence-corrected chi connectivity index (χ1v) is 6.34. The van der Waals surface area contributed by atoms with Crippen molar-refractivity contribution in [1.82, 2.24) is 4.98 Å². The number of carbonyl (C=O) groups is 1. The number of carbonyl (C=O) groups excluding carboxylic acids is 1. The molecule has 0 atom stereocenters. The first-order chi connectivity index (χ1) is 8.70. The number of rotatable bonds is 5. The van der Waals surface area contributed by atoms with Crippen LogP contribution in [0, 0.1) is 5.82 Å². The Bertz CT molecular complexity index is 540. The Balaban J connectivity index is 2.10. The molecule has 2 rings (SSSR count). The Kier molecular flexibility index (Phi) is 4.04. The maximum absolute atomic E-state index is 13.1. The summed E-state index contributed by atoms with van der Waals surface area (Å²) < 4.78 is 18.2. The summed E-state index contributed by atoms with van der Waals surface area (Å²) in [5, 5.41) is 2.77. The Morgan fingerprint density at radius 3 is 3.00 bits per heavy atom. The van der Waals surface area contributed by atoms with Crippen LogP contribution in [0.15, 0.2) is 29.8 Å². The van der Waals surface area contributed by atoms with Crippen molar-refractivity contribution in [3.05, 3.63) is 46.2 Å². The van der Waals surface area contributed by atoms with Crippen LogP contribution in [-0.2, 0) is 6.42 Å². The molecular weight excluding hydrogens is 253 g/mol. The molecule has 18 heavy (non-hydrogen) atoms. The molecule has 94 valence electrons. The first kappa shape index (κ1) is 12.7. The van der Waals surface area contributed by atoms with Gasteiger partial charge in [0.05, 0.1) is 17.7 Å². The second-order valence-electron chi connectivity index (χ2n) is 3.69. The lowest BCUT2D eigenvalue weighted by Crippen LogP contribution is -2.04.